The van der Waals surface area contributed by atoms with Crippen molar-refractivity contribution in [2.45, 2.75) is 20.8 Å². The third-order valence-corrected chi connectivity index (χ3v) is 3.17. The number of rotatable bonds is 4. The molecule has 0 aliphatic heterocycles. The van der Waals surface area contributed by atoms with Gasteiger partial charge in [-0.3, -0.25) is 4.79 Å². The van der Waals surface area contributed by atoms with Crippen LogP contribution in [0, 0.1) is 17.3 Å². The first-order chi connectivity index (χ1) is 7.45. The molecule has 0 spiro atoms. The van der Waals surface area contributed by atoms with Crippen molar-refractivity contribution >= 4 is 12.2 Å². The maximum absolute atomic E-state index is 11.5. The van der Waals surface area contributed by atoms with Crippen LogP contribution in [0.3, 0.4) is 0 Å². The fourth-order valence-electron chi connectivity index (χ4n) is 2.03. The average Bonchev–Trinajstić information content (AvgIpc) is 2.76. The smallest absolute Gasteiger partial charge is 0.309 e. The Balaban J connectivity index is 2.70. The number of hydrogen-bond donors (Lipinski definition) is 0. The predicted octanol–water partition coefficient (Wildman–Crippen LogP) is 2.01. The van der Waals surface area contributed by atoms with Crippen LogP contribution in [0.4, 0.5) is 0 Å². The second-order valence-corrected chi connectivity index (χ2v) is 4.68. The van der Waals surface area contributed by atoms with Gasteiger partial charge in [-0.2, -0.15) is 0 Å². The lowest BCUT2D eigenvalue weighted by Gasteiger charge is -1.99. The Labute approximate surface area is 96.3 Å². The molecule has 1 aliphatic rings. The Hall–Kier alpha value is -1.32. The standard InChI is InChI=1S/C12H19NO3/c1-8(7-13-16-5)6-9-10(11(14)15-4)12(9,2)3/h6-7,9-10H,1-5H3/b8-6?,13-7+/t9-,10+/m1/s1. The third kappa shape index (κ3) is 2.43. The number of ether oxygens (including phenoxy) is 1. The summed E-state index contributed by atoms with van der Waals surface area (Å²) in [6.45, 7) is 6.07. The van der Waals surface area contributed by atoms with E-state index < -0.39 is 0 Å². The van der Waals surface area contributed by atoms with Gasteiger partial charge >= 0.3 is 5.97 Å². The van der Waals surface area contributed by atoms with E-state index in [0.717, 1.165) is 5.57 Å². The normalized spacial score (nSPS) is 27.9. The number of carbonyl (C=O) groups excluding carboxylic acids is 1. The van der Waals surface area contributed by atoms with Crippen molar-refractivity contribution in [3.05, 3.63) is 11.6 Å². The highest BCUT2D eigenvalue weighted by atomic mass is 16.6. The predicted molar refractivity (Wildman–Crippen MR) is 62.0 cm³/mol. The molecule has 1 fully saturated rings. The minimum atomic E-state index is -0.136. The number of allylic oxidation sites excluding steroid dienone is 2. The number of oxime groups is 1. The molecular formula is C12H19NO3. The van der Waals surface area contributed by atoms with Crippen molar-refractivity contribution in [1.82, 2.24) is 0 Å². The van der Waals surface area contributed by atoms with Gasteiger partial charge in [0.2, 0.25) is 0 Å². The molecule has 0 amide bonds. The van der Waals surface area contributed by atoms with E-state index in [4.69, 9.17) is 4.74 Å². The summed E-state index contributed by atoms with van der Waals surface area (Å²) in [5.41, 5.74) is 0.973. The Morgan fingerprint density at radius 2 is 2.00 bits per heavy atom. The molecule has 0 aromatic carbocycles. The molecule has 0 aromatic heterocycles. The lowest BCUT2D eigenvalue weighted by atomic mass is 10.1. The Morgan fingerprint density at radius 3 is 2.50 bits per heavy atom. The lowest BCUT2D eigenvalue weighted by Crippen LogP contribution is -2.07. The first kappa shape index (κ1) is 12.7. The molecule has 0 N–H and O–H groups in total. The molecule has 16 heavy (non-hydrogen) atoms. The summed E-state index contributed by atoms with van der Waals surface area (Å²) >= 11 is 0. The van der Waals surface area contributed by atoms with Crippen molar-refractivity contribution in [2.75, 3.05) is 14.2 Å². The molecule has 0 saturated heterocycles. The van der Waals surface area contributed by atoms with Crippen molar-refractivity contribution in [3.63, 3.8) is 0 Å². The molecule has 90 valence electrons. The minimum Gasteiger partial charge on any atom is -0.469 e. The Morgan fingerprint density at radius 1 is 1.38 bits per heavy atom. The van der Waals surface area contributed by atoms with Crippen LogP contribution >= 0.6 is 0 Å². The zero-order valence-corrected chi connectivity index (χ0v) is 10.5. The summed E-state index contributed by atoms with van der Waals surface area (Å²) in [4.78, 5) is 16.1. The number of carbonyl (C=O) groups is 1. The van der Waals surface area contributed by atoms with Gasteiger partial charge in [-0.15, -0.1) is 0 Å². The average molecular weight is 225 g/mol. The van der Waals surface area contributed by atoms with Crippen LogP contribution in [0.1, 0.15) is 20.8 Å². The van der Waals surface area contributed by atoms with Gasteiger partial charge in [0.1, 0.15) is 7.11 Å². The number of esters is 1. The number of nitrogens with zero attached hydrogens (tertiary/aromatic N) is 1. The first-order valence-corrected chi connectivity index (χ1v) is 5.28. The van der Waals surface area contributed by atoms with Crippen molar-refractivity contribution in [1.29, 1.82) is 0 Å². The van der Waals surface area contributed by atoms with E-state index >= 15 is 0 Å². The molecule has 4 nitrogen and oxygen atoms in total. The number of methoxy groups -OCH3 is 1. The molecule has 4 heteroatoms. The van der Waals surface area contributed by atoms with E-state index in [9.17, 15) is 4.79 Å². The zero-order chi connectivity index (χ0) is 12.3. The molecular weight excluding hydrogens is 206 g/mol. The highest BCUT2D eigenvalue weighted by Gasteiger charge is 2.61. The summed E-state index contributed by atoms with van der Waals surface area (Å²) in [6.07, 6.45) is 3.69. The van der Waals surface area contributed by atoms with Crippen LogP contribution < -0.4 is 0 Å². The van der Waals surface area contributed by atoms with Gasteiger partial charge in [0.15, 0.2) is 0 Å². The molecule has 0 radical (unpaired) electrons. The van der Waals surface area contributed by atoms with E-state index in [0.29, 0.717) is 0 Å². The van der Waals surface area contributed by atoms with Gasteiger partial charge in [-0.25, -0.2) is 0 Å². The van der Waals surface area contributed by atoms with Crippen LogP contribution in [-0.2, 0) is 14.4 Å². The lowest BCUT2D eigenvalue weighted by molar-refractivity contribution is -0.143. The summed E-state index contributed by atoms with van der Waals surface area (Å²) in [5, 5.41) is 3.68. The third-order valence-electron chi connectivity index (χ3n) is 3.17. The maximum atomic E-state index is 11.5. The highest BCUT2D eigenvalue weighted by molar-refractivity contribution is 5.80. The molecule has 0 aromatic rings. The van der Waals surface area contributed by atoms with Gasteiger partial charge in [0, 0.05) is 0 Å². The fourth-order valence-corrected chi connectivity index (χ4v) is 2.03. The first-order valence-electron chi connectivity index (χ1n) is 5.28. The largest absolute Gasteiger partial charge is 0.469 e. The summed E-state index contributed by atoms with van der Waals surface area (Å²) in [6, 6.07) is 0. The van der Waals surface area contributed by atoms with Gasteiger partial charge in [-0.1, -0.05) is 25.1 Å². The van der Waals surface area contributed by atoms with Gasteiger partial charge in [0.05, 0.1) is 19.2 Å². The molecule has 1 rings (SSSR count). The van der Waals surface area contributed by atoms with Gasteiger partial charge < -0.3 is 9.57 Å². The van der Waals surface area contributed by atoms with Crippen LogP contribution in [0.5, 0.6) is 0 Å². The SMILES string of the molecule is CO/N=C/C(C)=C[C@@H]1[C@@H](C(=O)OC)C1(C)C. The summed E-state index contributed by atoms with van der Waals surface area (Å²) in [7, 11) is 2.93. The van der Waals surface area contributed by atoms with E-state index in [1.54, 1.807) is 6.21 Å². The van der Waals surface area contributed by atoms with Gasteiger partial charge in [0.25, 0.3) is 0 Å². The van der Waals surface area contributed by atoms with Crippen molar-refractivity contribution < 1.29 is 14.4 Å². The Bertz CT molecular complexity index is 331. The molecule has 1 aliphatic carbocycles. The van der Waals surface area contributed by atoms with Crippen LogP contribution in [0.2, 0.25) is 0 Å². The number of hydrogen-bond acceptors (Lipinski definition) is 4. The zero-order valence-electron chi connectivity index (χ0n) is 10.5. The highest BCUT2D eigenvalue weighted by Crippen LogP contribution is 2.59. The molecule has 1 saturated carbocycles. The van der Waals surface area contributed by atoms with E-state index in [1.165, 1.54) is 14.2 Å². The fraction of sp³-hybridized carbons (Fsp3) is 0.667. The van der Waals surface area contributed by atoms with Gasteiger partial charge in [-0.05, 0) is 23.8 Å². The minimum absolute atomic E-state index is 0.0186. The Kier molecular flexibility index (Phi) is 3.73. The summed E-state index contributed by atoms with van der Waals surface area (Å²) < 4.78 is 4.78. The second-order valence-electron chi connectivity index (χ2n) is 4.68. The second kappa shape index (κ2) is 4.68. The van der Waals surface area contributed by atoms with Crippen molar-refractivity contribution in [3.8, 4) is 0 Å². The maximum Gasteiger partial charge on any atom is 0.309 e. The van der Waals surface area contributed by atoms with E-state index in [2.05, 4.69) is 23.8 Å². The summed E-state index contributed by atoms with van der Waals surface area (Å²) in [5.74, 6) is 0.0504. The monoisotopic (exact) mass is 225 g/mol. The molecule has 2 atom stereocenters. The quantitative estimate of drug-likeness (QED) is 0.418. The van der Waals surface area contributed by atoms with Crippen LogP contribution in [-0.4, -0.2) is 26.4 Å². The topological polar surface area (TPSA) is 47.9 Å². The van der Waals surface area contributed by atoms with Crippen LogP contribution in [0.15, 0.2) is 16.8 Å². The molecule has 0 bridgehead atoms. The molecule has 0 unspecified atom stereocenters. The van der Waals surface area contributed by atoms with E-state index in [1.807, 2.05) is 13.0 Å². The van der Waals surface area contributed by atoms with E-state index in [-0.39, 0.29) is 23.2 Å². The molecule has 0 heterocycles. The van der Waals surface area contributed by atoms with Crippen LogP contribution in [0.25, 0.3) is 0 Å². The van der Waals surface area contributed by atoms with Crippen molar-refractivity contribution in [2.24, 2.45) is 22.4 Å².